The fourth-order valence-corrected chi connectivity index (χ4v) is 1.87. The minimum absolute atomic E-state index is 0.289. The van der Waals surface area contributed by atoms with Gasteiger partial charge in [-0.05, 0) is 13.3 Å². The van der Waals surface area contributed by atoms with E-state index in [2.05, 4.69) is 20.3 Å². The topological polar surface area (TPSA) is 82.8 Å². The SMILES string of the molecule is CCCc1c(C(=O)OCC)nnn1Cc1cnccn1. The largest absolute Gasteiger partial charge is 0.461 e. The van der Waals surface area contributed by atoms with Gasteiger partial charge in [0.2, 0.25) is 0 Å². The van der Waals surface area contributed by atoms with Crippen molar-refractivity contribution >= 4 is 5.97 Å². The van der Waals surface area contributed by atoms with Crippen LogP contribution in [0.2, 0.25) is 0 Å². The van der Waals surface area contributed by atoms with Gasteiger partial charge in [-0.1, -0.05) is 18.6 Å². The van der Waals surface area contributed by atoms with Gasteiger partial charge in [-0.2, -0.15) is 0 Å². The second kappa shape index (κ2) is 6.74. The molecule has 7 heteroatoms. The first-order valence-electron chi connectivity index (χ1n) is 6.60. The van der Waals surface area contributed by atoms with Gasteiger partial charge in [0.05, 0.1) is 30.7 Å². The van der Waals surface area contributed by atoms with E-state index in [0.717, 1.165) is 17.8 Å². The number of esters is 1. The molecule has 0 aromatic carbocycles. The van der Waals surface area contributed by atoms with Crippen molar-refractivity contribution in [1.29, 1.82) is 0 Å². The first-order chi connectivity index (χ1) is 9.76. The Labute approximate surface area is 117 Å². The lowest BCUT2D eigenvalue weighted by atomic mass is 10.2. The van der Waals surface area contributed by atoms with E-state index in [1.54, 1.807) is 30.2 Å². The number of hydrogen-bond donors (Lipinski definition) is 0. The van der Waals surface area contributed by atoms with Crippen LogP contribution in [0.1, 0.15) is 42.1 Å². The Morgan fingerprint density at radius 2 is 2.20 bits per heavy atom. The van der Waals surface area contributed by atoms with E-state index in [9.17, 15) is 4.79 Å². The standard InChI is InChI=1S/C13H17N5O2/c1-3-5-11-12(13(19)20-4-2)16-17-18(11)9-10-8-14-6-7-15-10/h6-8H,3-5,9H2,1-2H3. The van der Waals surface area contributed by atoms with E-state index < -0.39 is 5.97 Å². The summed E-state index contributed by atoms with van der Waals surface area (Å²) < 4.78 is 6.68. The van der Waals surface area contributed by atoms with Crippen LogP contribution in [0.15, 0.2) is 18.6 Å². The highest BCUT2D eigenvalue weighted by Gasteiger charge is 2.20. The molecular weight excluding hydrogens is 258 g/mol. The maximum absolute atomic E-state index is 11.8. The number of aromatic nitrogens is 5. The summed E-state index contributed by atoms with van der Waals surface area (Å²) in [4.78, 5) is 20.1. The molecule has 0 spiro atoms. The predicted octanol–water partition coefficient (Wildman–Crippen LogP) is 1.25. The average molecular weight is 275 g/mol. The monoisotopic (exact) mass is 275 g/mol. The van der Waals surface area contributed by atoms with E-state index >= 15 is 0 Å². The number of nitrogens with zero attached hydrogens (tertiary/aromatic N) is 5. The van der Waals surface area contributed by atoms with Crippen LogP contribution in [0.3, 0.4) is 0 Å². The summed E-state index contributed by atoms with van der Waals surface area (Å²) in [5.74, 6) is -0.429. The van der Waals surface area contributed by atoms with Crippen LogP contribution in [0, 0.1) is 0 Å². The number of ether oxygens (including phenoxy) is 1. The Hall–Kier alpha value is -2.31. The summed E-state index contributed by atoms with van der Waals surface area (Å²) in [5.41, 5.74) is 1.83. The van der Waals surface area contributed by atoms with Gasteiger partial charge in [0, 0.05) is 12.4 Å². The van der Waals surface area contributed by atoms with Gasteiger partial charge in [0.1, 0.15) is 0 Å². The Kier molecular flexibility index (Phi) is 4.75. The van der Waals surface area contributed by atoms with Crippen molar-refractivity contribution in [3.8, 4) is 0 Å². The van der Waals surface area contributed by atoms with Crippen molar-refractivity contribution in [2.24, 2.45) is 0 Å². The molecule has 106 valence electrons. The summed E-state index contributed by atoms with van der Waals surface area (Å²) in [7, 11) is 0. The molecule has 0 saturated heterocycles. The molecule has 2 heterocycles. The van der Waals surface area contributed by atoms with Crippen LogP contribution in [0.25, 0.3) is 0 Å². The zero-order valence-electron chi connectivity index (χ0n) is 11.6. The van der Waals surface area contributed by atoms with Crippen LogP contribution in [-0.4, -0.2) is 37.5 Å². The molecule has 0 aliphatic carbocycles. The van der Waals surface area contributed by atoms with Crippen molar-refractivity contribution in [2.45, 2.75) is 33.2 Å². The third kappa shape index (κ3) is 3.17. The Morgan fingerprint density at radius 1 is 1.35 bits per heavy atom. The van der Waals surface area contributed by atoms with Gasteiger partial charge >= 0.3 is 5.97 Å². The second-order valence-corrected chi connectivity index (χ2v) is 4.21. The van der Waals surface area contributed by atoms with Crippen LogP contribution < -0.4 is 0 Å². The van der Waals surface area contributed by atoms with Crippen molar-refractivity contribution in [1.82, 2.24) is 25.0 Å². The van der Waals surface area contributed by atoms with E-state index in [4.69, 9.17) is 4.74 Å². The number of rotatable bonds is 6. The van der Waals surface area contributed by atoms with Crippen LogP contribution in [-0.2, 0) is 17.7 Å². The minimum atomic E-state index is -0.429. The van der Waals surface area contributed by atoms with Crippen molar-refractivity contribution < 1.29 is 9.53 Å². The normalized spacial score (nSPS) is 10.5. The summed E-state index contributed by atoms with van der Waals surface area (Å²) in [5, 5.41) is 7.97. The molecule has 0 aliphatic rings. The Bertz CT molecular complexity index is 567. The summed E-state index contributed by atoms with van der Waals surface area (Å²) >= 11 is 0. The first-order valence-corrected chi connectivity index (χ1v) is 6.60. The van der Waals surface area contributed by atoms with Gasteiger partial charge in [-0.15, -0.1) is 5.10 Å². The summed E-state index contributed by atoms with van der Waals surface area (Å²) in [6, 6.07) is 0. The highest BCUT2D eigenvalue weighted by molar-refractivity contribution is 5.88. The van der Waals surface area contributed by atoms with Gasteiger partial charge in [-0.3, -0.25) is 9.97 Å². The van der Waals surface area contributed by atoms with Gasteiger partial charge in [-0.25, -0.2) is 9.48 Å². The summed E-state index contributed by atoms with van der Waals surface area (Å²) in [6.45, 7) is 4.56. The number of carbonyl (C=O) groups is 1. The van der Waals surface area contributed by atoms with Crippen molar-refractivity contribution in [3.63, 3.8) is 0 Å². The van der Waals surface area contributed by atoms with Crippen LogP contribution >= 0.6 is 0 Å². The van der Waals surface area contributed by atoms with E-state index in [-0.39, 0.29) is 5.69 Å². The highest BCUT2D eigenvalue weighted by Crippen LogP contribution is 2.11. The lowest BCUT2D eigenvalue weighted by molar-refractivity contribution is 0.0518. The molecule has 2 aromatic rings. The lowest BCUT2D eigenvalue weighted by Crippen LogP contribution is -2.12. The lowest BCUT2D eigenvalue weighted by Gasteiger charge is -2.06. The second-order valence-electron chi connectivity index (χ2n) is 4.21. The van der Waals surface area contributed by atoms with Crippen LogP contribution in [0.5, 0.6) is 0 Å². The molecule has 20 heavy (non-hydrogen) atoms. The van der Waals surface area contributed by atoms with Crippen molar-refractivity contribution in [2.75, 3.05) is 6.61 Å². The van der Waals surface area contributed by atoms with Crippen LogP contribution in [0.4, 0.5) is 0 Å². The van der Waals surface area contributed by atoms with Gasteiger partial charge < -0.3 is 4.74 Å². The molecule has 0 unspecified atom stereocenters. The molecule has 0 bridgehead atoms. The zero-order chi connectivity index (χ0) is 14.4. The van der Waals surface area contributed by atoms with Gasteiger partial charge in [0.15, 0.2) is 5.69 Å². The smallest absolute Gasteiger partial charge is 0.360 e. The zero-order valence-corrected chi connectivity index (χ0v) is 11.6. The third-order valence-corrected chi connectivity index (χ3v) is 2.72. The predicted molar refractivity (Wildman–Crippen MR) is 71.1 cm³/mol. The van der Waals surface area contributed by atoms with Gasteiger partial charge in [0.25, 0.3) is 0 Å². The molecule has 0 radical (unpaired) electrons. The molecule has 0 atom stereocenters. The third-order valence-electron chi connectivity index (χ3n) is 2.72. The molecule has 0 aliphatic heterocycles. The molecule has 2 rings (SSSR count). The molecule has 0 saturated carbocycles. The minimum Gasteiger partial charge on any atom is -0.461 e. The fourth-order valence-electron chi connectivity index (χ4n) is 1.87. The first kappa shape index (κ1) is 14.1. The highest BCUT2D eigenvalue weighted by atomic mass is 16.5. The molecule has 7 nitrogen and oxygen atoms in total. The van der Waals surface area contributed by atoms with E-state index in [1.807, 2.05) is 6.92 Å². The Balaban J connectivity index is 2.27. The number of hydrogen-bond acceptors (Lipinski definition) is 6. The fraction of sp³-hybridized carbons (Fsp3) is 0.462. The maximum Gasteiger partial charge on any atom is 0.360 e. The Morgan fingerprint density at radius 3 is 2.85 bits per heavy atom. The molecular formula is C13H17N5O2. The maximum atomic E-state index is 11.8. The summed E-state index contributed by atoms with van der Waals surface area (Å²) in [6.07, 6.45) is 6.50. The van der Waals surface area contributed by atoms with Crippen molar-refractivity contribution in [3.05, 3.63) is 35.7 Å². The van der Waals surface area contributed by atoms with E-state index in [1.165, 1.54) is 0 Å². The molecule has 0 amide bonds. The molecule has 0 N–H and O–H groups in total. The quantitative estimate of drug-likeness (QED) is 0.738. The molecule has 0 fully saturated rings. The number of carbonyl (C=O) groups excluding carboxylic acids is 1. The van der Waals surface area contributed by atoms with E-state index in [0.29, 0.717) is 19.6 Å². The molecule has 2 aromatic heterocycles. The average Bonchev–Trinajstić information content (AvgIpc) is 2.84.